The highest BCUT2D eigenvalue weighted by atomic mass is 79.9. The quantitative estimate of drug-likeness (QED) is 0.816. The molecule has 1 heterocycles. The van der Waals surface area contributed by atoms with Crippen LogP contribution in [0.5, 0.6) is 0 Å². The van der Waals surface area contributed by atoms with E-state index in [-0.39, 0.29) is 18.5 Å². The van der Waals surface area contributed by atoms with Crippen molar-refractivity contribution in [2.24, 2.45) is 0 Å². The van der Waals surface area contributed by atoms with Gasteiger partial charge in [0.25, 0.3) is 5.91 Å². The van der Waals surface area contributed by atoms with Crippen LogP contribution in [0.3, 0.4) is 0 Å². The first-order valence-electron chi connectivity index (χ1n) is 7.75. The molecule has 3 amide bonds. The highest BCUT2D eigenvalue weighted by Gasteiger charge is 2.48. The van der Waals surface area contributed by atoms with Crippen LogP contribution in [0.15, 0.2) is 22.7 Å². The Bertz CT molecular complexity index is 732. The Balaban J connectivity index is 2.21. The minimum atomic E-state index is -2.32. The molecule has 2 rings (SSSR count). The van der Waals surface area contributed by atoms with Crippen LogP contribution in [-0.2, 0) is 20.0 Å². The zero-order valence-electron chi connectivity index (χ0n) is 14.5. The van der Waals surface area contributed by atoms with Gasteiger partial charge in [0.15, 0.2) is 0 Å². The van der Waals surface area contributed by atoms with Crippen molar-refractivity contribution in [3.63, 3.8) is 0 Å². The summed E-state index contributed by atoms with van der Waals surface area (Å²) in [4.78, 5) is 36.8. The van der Waals surface area contributed by atoms with Crippen molar-refractivity contribution in [3.05, 3.63) is 28.2 Å². The number of carbonyl (C=O) groups is 3. The molecule has 1 atom stereocenters. The molecule has 1 aromatic carbocycles. The zero-order valence-corrected chi connectivity index (χ0v) is 16.1. The van der Waals surface area contributed by atoms with Crippen LogP contribution in [0.25, 0.3) is 0 Å². The van der Waals surface area contributed by atoms with E-state index in [2.05, 4.69) is 21.2 Å². The van der Waals surface area contributed by atoms with E-state index in [0.29, 0.717) is 10.2 Å². The van der Waals surface area contributed by atoms with Crippen LogP contribution >= 0.6 is 15.9 Å². The lowest BCUT2D eigenvalue weighted by atomic mass is 9.93. The number of nitrogens with zero attached hydrogens (tertiary/aromatic N) is 1. The molecule has 0 aromatic heterocycles. The van der Waals surface area contributed by atoms with Gasteiger partial charge < -0.3 is 10.1 Å². The van der Waals surface area contributed by atoms with Crippen molar-refractivity contribution >= 4 is 39.5 Å². The van der Waals surface area contributed by atoms with Crippen LogP contribution in [0.2, 0.25) is 0 Å². The molecule has 1 N–H and O–H groups in total. The second kappa shape index (κ2) is 6.74. The van der Waals surface area contributed by atoms with E-state index >= 15 is 4.39 Å². The predicted molar refractivity (Wildman–Crippen MR) is 93.8 cm³/mol. The van der Waals surface area contributed by atoms with Crippen molar-refractivity contribution < 1.29 is 23.5 Å². The van der Waals surface area contributed by atoms with Crippen LogP contribution < -0.4 is 5.32 Å². The second-order valence-electron chi connectivity index (χ2n) is 6.85. The third-order valence-corrected chi connectivity index (χ3v) is 4.18. The number of benzene rings is 1. The Hall–Kier alpha value is -1.96. The van der Waals surface area contributed by atoms with Gasteiger partial charge in [0.1, 0.15) is 5.60 Å². The highest BCUT2D eigenvalue weighted by Crippen LogP contribution is 2.42. The third-order valence-electron chi connectivity index (χ3n) is 3.69. The van der Waals surface area contributed by atoms with Gasteiger partial charge >= 0.3 is 6.09 Å². The fourth-order valence-electron chi connectivity index (χ4n) is 2.51. The maximum Gasteiger partial charge on any atom is 0.417 e. The standard InChI is InChI=1S/C17H20BrFN2O4/c1-10(22)21(15(24)25-16(2,3)4)8-7-17(19)12-9-11(18)5-6-13(12)20-14(17)23/h5-6,9H,7-8H2,1-4H3,(H,20,23). The summed E-state index contributed by atoms with van der Waals surface area (Å²) in [5.41, 5.74) is -2.56. The summed E-state index contributed by atoms with van der Waals surface area (Å²) < 4.78 is 21.2. The number of fused-ring (bicyclic) bond motifs is 1. The molecule has 1 aliphatic heterocycles. The summed E-state index contributed by atoms with van der Waals surface area (Å²) >= 11 is 3.25. The SMILES string of the molecule is CC(=O)N(CCC1(F)C(=O)Nc2ccc(Br)cc21)C(=O)OC(C)(C)C. The highest BCUT2D eigenvalue weighted by molar-refractivity contribution is 9.10. The van der Waals surface area contributed by atoms with Crippen LogP contribution in [-0.4, -0.2) is 35.0 Å². The molecule has 0 saturated heterocycles. The number of rotatable bonds is 3. The Kier molecular flexibility index (Phi) is 5.22. The summed E-state index contributed by atoms with van der Waals surface area (Å²) in [7, 11) is 0. The third kappa shape index (κ3) is 4.18. The van der Waals surface area contributed by atoms with Gasteiger partial charge in [0.2, 0.25) is 11.6 Å². The predicted octanol–water partition coefficient (Wildman–Crippen LogP) is 3.74. The largest absolute Gasteiger partial charge is 0.443 e. The Morgan fingerprint density at radius 2 is 2.00 bits per heavy atom. The van der Waals surface area contributed by atoms with Gasteiger partial charge in [-0.25, -0.2) is 14.1 Å². The summed E-state index contributed by atoms with van der Waals surface area (Å²) in [5.74, 6) is -1.39. The number of ether oxygens (including phenoxy) is 1. The van der Waals surface area contributed by atoms with Gasteiger partial charge in [-0.1, -0.05) is 15.9 Å². The lowest BCUT2D eigenvalue weighted by Crippen LogP contribution is -2.43. The monoisotopic (exact) mass is 414 g/mol. The first-order chi connectivity index (χ1) is 11.4. The molecule has 136 valence electrons. The van der Waals surface area contributed by atoms with E-state index in [9.17, 15) is 14.4 Å². The minimum Gasteiger partial charge on any atom is -0.443 e. The van der Waals surface area contributed by atoms with Crippen molar-refractivity contribution in [2.45, 2.75) is 45.4 Å². The number of halogens is 2. The van der Waals surface area contributed by atoms with Crippen molar-refractivity contribution in [1.29, 1.82) is 0 Å². The molecule has 0 bridgehead atoms. The molecule has 0 aliphatic carbocycles. The first kappa shape index (κ1) is 19.4. The molecule has 0 radical (unpaired) electrons. The molecule has 1 aliphatic rings. The topological polar surface area (TPSA) is 75.7 Å². The fraction of sp³-hybridized carbons (Fsp3) is 0.471. The molecule has 1 unspecified atom stereocenters. The van der Waals surface area contributed by atoms with Gasteiger partial charge in [-0.15, -0.1) is 0 Å². The van der Waals surface area contributed by atoms with Crippen molar-refractivity contribution in [2.75, 3.05) is 11.9 Å². The summed E-state index contributed by atoms with van der Waals surface area (Å²) in [6.45, 7) is 5.91. The molecule has 0 spiro atoms. The molecular weight excluding hydrogens is 395 g/mol. The smallest absolute Gasteiger partial charge is 0.417 e. The summed E-state index contributed by atoms with van der Waals surface area (Å²) in [6.07, 6.45) is -1.22. The molecule has 0 fully saturated rings. The average Bonchev–Trinajstić information content (AvgIpc) is 2.69. The zero-order chi connectivity index (χ0) is 19.0. The normalized spacial score (nSPS) is 19.2. The lowest BCUT2D eigenvalue weighted by molar-refractivity contribution is -0.132. The van der Waals surface area contributed by atoms with Crippen LogP contribution in [0, 0.1) is 0 Å². The second-order valence-corrected chi connectivity index (χ2v) is 7.76. The maximum absolute atomic E-state index is 15.4. The Morgan fingerprint density at radius 1 is 1.36 bits per heavy atom. The van der Waals surface area contributed by atoms with Gasteiger partial charge in [-0.3, -0.25) is 9.59 Å². The van der Waals surface area contributed by atoms with Gasteiger partial charge in [0.05, 0.1) is 0 Å². The Morgan fingerprint density at radius 3 is 2.56 bits per heavy atom. The molecule has 6 nitrogen and oxygen atoms in total. The minimum absolute atomic E-state index is 0.180. The van der Waals surface area contributed by atoms with E-state index in [1.54, 1.807) is 32.9 Å². The number of imide groups is 1. The fourth-order valence-corrected chi connectivity index (χ4v) is 2.87. The number of anilines is 1. The number of amides is 3. The number of hydrogen-bond donors (Lipinski definition) is 1. The van der Waals surface area contributed by atoms with Crippen LogP contribution in [0.1, 0.15) is 39.7 Å². The number of alkyl halides is 1. The molecule has 1 aromatic rings. The Labute approximate surface area is 153 Å². The van der Waals surface area contributed by atoms with Crippen molar-refractivity contribution in [3.8, 4) is 0 Å². The summed E-state index contributed by atoms with van der Waals surface area (Å²) in [5, 5.41) is 2.48. The molecular formula is C17H20BrFN2O4. The van der Waals surface area contributed by atoms with Gasteiger partial charge in [0, 0.05) is 35.6 Å². The van der Waals surface area contributed by atoms with Crippen molar-refractivity contribution in [1.82, 2.24) is 4.90 Å². The van der Waals surface area contributed by atoms with E-state index < -0.39 is 29.2 Å². The molecule has 0 saturated carbocycles. The molecule has 8 heteroatoms. The van der Waals surface area contributed by atoms with E-state index in [4.69, 9.17) is 4.74 Å². The average molecular weight is 415 g/mol. The van der Waals surface area contributed by atoms with Gasteiger partial charge in [-0.05, 0) is 39.0 Å². The number of nitrogens with one attached hydrogen (secondary N) is 1. The number of hydrogen-bond acceptors (Lipinski definition) is 4. The lowest BCUT2D eigenvalue weighted by Gasteiger charge is -2.27. The van der Waals surface area contributed by atoms with Gasteiger partial charge in [-0.2, -0.15) is 0 Å². The molecule has 25 heavy (non-hydrogen) atoms. The number of carbonyl (C=O) groups excluding carboxylic acids is 3. The maximum atomic E-state index is 15.4. The van der Waals surface area contributed by atoms with E-state index in [1.807, 2.05) is 0 Å². The first-order valence-corrected chi connectivity index (χ1v) is 8.55. The summed E-state index contributed by atoms with van der Waals surface area (Å²) in [6, 6.07) is 4.79. The van der Waals surface area contributed by atoms with Crippen LogP contribution in [0.4, 0.5) is 14.9 Å². The van der Waals surface area contributed by atoms with E-state index in [0.717, 1.165) is 4.90 Å². The van der Waals surface area contributed by atoms with E-state index in [1.165, 1.54) is 13.0 Å².